The Morgan fingerprint density at radius 1 is 1.40 bits per heavy atom. The third kappa shape index (κ3) is 4.21. The Kier molecular flexibility index (Phi) is 5.53. The van der Waals surface area contributed by atoms with E-state index in [2.05, 4.69) is 17.0 Å². The quantitative estimate of drug-likeness (QED) is 0.681. The van der Waals surface area contributed by atoms with E-state index in [1.807, 2.05) is 12.3 Å². The predicted octanol–water partition coefficient (Wildman–Crippen LogP) is 2.42. The van der Waals surface area contributed by atoms with Gasteiger partial charge in [-0.05, 0) is 44.2 Å². The molecule has 4 nitrogen and oxygen atoms in total. The maximum atomic E-state index is 12.2. The Hall–Kier alpha value is -0.0800. The lowest BCUT2D eigenvalue weighted by atomic mass is 10.4. The van der Waals surface area contributed by atoms with Crippen LogP contribution in [0.3, 0.4) is 0 Å². The van der Waals surface area contributed by atoms with Crippen molar-refractivity contribution in [2.24, 2.45) is 0 Å². The van der Waals surface area contributed by atoms with E-state index in [-0.39, 0.29) is 4.75 Å². The van der Waals surface area contributed by atoms with Crippen molar-refractivity contribution in [1.82, 2.24) is 10.0 Å². The Morgan fingerprint density at radius 2 is 2.15 bits per heavy atom. The third-order valence-corrected chi connectivity index (χ3v) is 7.85. The van der Waals surface area contributed by atoms with Crippen molar-refractivity contribution < 1.29 is 8.42 Å². The second-order valence-electron chi connectivity index (χ2n) is 5.11. The topological polar surface area (TPSA) is 58.2 Å². The van der Waals surface area contributed by atoms with Crippen molar-refractivity contribution in [3.8, 4) is 0 Å². The van der Waals surface area contributed by atoms with Gasteiger partial charge in [-0.1, -0.05) is 6.92 Å². The molecule has 2 rings (SSSR count). The van der Waals surface area contributed by atoms with Gasteiger partial charge in [-0.15, -0.1) is 11.3 Å². The fraction of sp³-hybridized carbons (Fsp3) is 0.692. The highest BCUT2D eigenvalue weighted by atomic mass is 32.2. The van der Waals surface area contributed by atoms with Gasteiger partial charge in [0, 0.05) is 22.7 Å². The molecule has 1 heterocycles. The maximum absolute atomic E-state index is 12.2. The highest BCUT2D eigenvalue weighted by Gasteiger charge is 2.42. The molecule has 1 aliphatic carbocycles. The Morgan fingerprint density at radius 3 is 2.75 bits per heavy atom. The molecule has 0 saturated heterocycles. The first kappa shape index (κ1) is 16.3. The van der Waals surface area contributed by atoms with Gasteiger partial charge in [-0.2, -0.15) is 11.8 Å². The third-order valence-electron chi connectivity index (χ3n) is 3.45. The highest BCUT2D eigenvalue weighted by molar-refractivity contribution is 8.00. The molecule has 1 aliphatic rings. The van der Waals surface area contributed by atoms with E-state index < -0.39 is 10.0 Å². The predicted molar refractivity (Wildman–Crippen MR) is 87.0 cm³/mol. The van der Waals surface area contributed by atoms with Crippen molar-refractivity contribution >= 4 is 33.1 Å². The zero-order chi connectivity index (χ0) is 14.6. The molecule has 114 valence electrons. The summed E-state index contributed by atoms with van der Waals surface area (Å²) in [6.07, 6.45) is 5.33. The van der Waals surface area contributed by atoms with Crippen molar-refractivity contribution in [2.45, 2.75) is 41.7 Å². The molecule has 0 aliphatic heterocycles. The van der Waals surface area contributed by atoms with Crippen LogP contribution in [0.25, 0.3) is 0 Å². The minimum atomic E-state index is -3.35. The Labute approximate surface area is 129 Å². The monoisotopic (exact) mass is 334 g/mol. The summed E-state index contributed by atoms with van der Waals surface area (Å²) in [6.45, 7) is 4.34. The minimum absolute atomic E-state index is 0.149. The molecule has 1 fully saturated rings. The van der Waals surface area contributed by atoms with Gasteiger partial charge in [-0.25, -0.2) is 13.1 Å². The van der Waals surface area contributed by atoms with Crippen molar-refractivity contribution in [1.29, 1.82) is 0 Å². The van der Waals surface area contributed by atoms with Crippen LogP contribution in [0.15, 0.2) is 16.3 Å². The smallest absolute Gasteiger partial charge is 0.250 e. The van der Waals surface area contributed by atoms with Gasteiger partial charge in [0.1, 0.15) is 4.21 Å². The van der Waals surface area contributed by atoms with Crippen molar-refractivity contribution in [3.05, 3.63) is 17.0 Å². The number of nitrogens with one attached hydrogen (secondary N) is 2. The van der Waals surface area contributed by atoms with Crippen LogP contribution in [0.2, 0.25) is 0 Å². The highest BCUT2D eigenvalue weighted by Crippen LogP contribution is 2.46. The average Bonchev–Trinajstić information content (AvgIpc) is 3.06. The molecule has 1 aromatic rings. The molecule has 20 heavy (non-hydrogen) atoms. The molecule has 0 atom stereocenters. The van der Waals surface area contributed by atoms with Crippen LogP contribution >= 0.6 is 23.1 Å². The summed E-state index contributed by atoms with van der Waals surface area (Å²) in [4.78, 5) is 1.06. The second-order valence-corrected chi connectivity index (χ2v) is 9.55. The molecule has 0 bridgehead atoms. The SMILES string of the molecule is CCCNCc1ccc(S(=O)(=O)NCC2(SC)CC2)s1. The van der Waals surface area contributed by atoms with Crippen LogP contribution in [0.5, 0.6) is 0 Å². The van der Waals surface area contributed by atoms with E-state index in [4.69, 9.17) is 0 Å². The van der Waals surface area contributed by atoms with E-state index in [0.29, 0.717) is 10.8 Å². The summed E-state index contributed by atoms with van der Waals surface area (Å²) < 4.78 is 27.8. The number of hydrogen-bond donors (Lipinski definition) is 2. The molecule has 0 amide bonds. The van der Waals surface area contributed by atoms with Gasteiger partial charge in [0.2, 0.25) is 10.0 Å². The normalized spacial score (nSPS) is 17.3. The molecule has 1 saturated carbocycles. The fourth-order valence-corrected chi connectivity index (χ4v) is 5.19. The van der Waals surface area contributed by atoms with Crippen LogP contribution in [-0.4, -0.2) is 32.5 Å². The zero-order valence-electron chi connectivity index (χ0n) is 11.9. The van der Waals surface area contributed by atoms with E-state index in [1.165, 1.54) is 11.3 Å². The maximum Gasteiger partial charge on any atom is 0.250 e. The summed E-state index contributed by atoms with van der Waals surface area (Å²) in [5.41, 5.74) is 0. The first-order valence-corrected chi connectivity index (χ1v) is 10.4. The molecular formula is C13H22N2O2S3. The van der Waals surface area contributed by atoms with E-state index in [9.17, 15) is 8.42 Å². The van der Waals surface area contributed by atoms with E-state index in [1.54, 1.807) is 17.8 Å². The molecule has 0 aromatic carbocycles. The van der Waals surface area contributed by atoms with Gasteiger partial charge < -0.3 is 5.32 Å². The van der Waals surface area contributed by atoms with Crippen LogP contribution in [-0.2, 0) is 16.6 Å². The number of sulfonamides is 1. The number of thioether (sulfide) groups is 1. The first-order valence-electron chi connectivity index (χ1n) is 6.85. The lowest BCUT2D eigenvalue weighted by Gasteiger charge is -2.12. The molecule has 1 aromatic heterocycles. The molecule has 2 N–H and O–H groups in total. The van der Waals surface area contributed by atoms with Gasteiger partial charge in [-0.3, -0.25) is 0 Å². The first-order chi connectivity index (χ1) is 9.51. The summed E-state index contributed by atoms with van der Waals surface area (Å²) in [5, 5.41) is 3.28. The number of rotatable bonds is 9. The molecule has 0 unspecified atom stereocenters. The molecule has 0 radical (unpaired) electrons. The van der Waals surface area contributed by atoms with Crippen LogP contribution in [0.4, 0.5) is 0 Å². The zero-order valence-corrected chi connectivity index (χ0v) is 14.4. The van der Waals surface area contributed by atoms with Crippen molar-refractivity contribution in [3.63, 3.8) is 0 Å². The minimum Gasteiger partial charge on any atom is -0.312 e. The summed E-state index contributed by atoms with van der Waals surface area (Å²) >= 11 is 3.11. The largest absolute Gasteiger partial charge is 0.312 e. The van der Waals surface area contributed by atoms with Gasteiger partial charge in [0.25, 0.3) is 0 Å². The Balaban J connectivity index is 1.92. The fourth-order valence-electron chi connectivity index (χ4n) is 1.88. The lowest BCUT2D eigenvalue weighted by molar-refractivity contribution is 0.582. The summed E-state index contributed by atoms with van der Waals surface area (Å²) in [6, 6.07) is 3.60. The number of thiophene rings is 1. The Bertz CT molecular complexity index is 536. The summed E-state index contributed by atoms with van der Waals surface area (Å²) in [7, 11) is -3.35. The van der Waals surface area contributed by atoms with Gasteiger partial charge >= 0.3 is 0 Å². The van der Waals surface area contributed by atoms with Crippen molar-refractivity contribution in [2.75, 3.05) is 19.3 Å². The van der Waals surface area contributed by atoms with Crippen LogP contribution < -0.4 is 10.0 Å². The molecule has 7 heteroatoms. The summed E-state index contributed by atoms with van der Waals surface area (Å²) in [5.74, 6) is 0. The standard InChI is InChI=1S/C13H22N2O2S3/c1-3-8-14-9-11-4-5-12(19-11)20(16,17)15-10-13(18-2)6-7-13/h4-5,14-15H,3,6-10H2,1-2H3. The van der Waals surface area contributed by atoms with Gasteiger partial charge in [0.15, 0.2) is 0 Å². The van der Waals surface area contributed by atoms with Crippen LogP contribution in [0, 0.1) is 0 Å². The van der Waals surface area contributed by atoms with Gasteiger partial charge in [0.05, 0.1) is 0 Å². The average molecular weight is 335 g/mol. The number of hydrogen-bond acceptors (Lipinski definition) is 5. The molecule has 0 spiro atoms. The second kappa shape index (κ2) is 6.79. The van der Waals surface area contributed by atoms with Crippen LogP contribution in [0.1, 0.15) is 31.1 Å². The molecular weight excluding hydrogens is 312 g/mol. The van der Waals surface area contributed by atoms with E-state index >= 15 is 0 Å². The van der Waals surface area contributed by atoms with E-state index in [0.717, 1.165) is 37.2 Å². The lowest BCUT2D eigenvalue weighted by Crippen LogP contribution is -2.31.